The van der Waals surface area contributed by atoms with Crippen molar-refractivity contribution in [1.29, 1.82) is 0 Å². The molecule has 0 bridgehead atoms. The van der Waals surface area contributed by atoms with Gasteiger partial charge in [0.15, 0.2) is 5.82 Å². The summed E-state index contributed by atoms with van der Waals surface area (Å²) in [5.41, 5.74) is 2.27. The largest absolute Gasteiger partial charge is 0.355 e. The van der Waals surface area contributed by atoms with E-state index in [9.17, 15) is 0 Å². The normalized spacial score (nSPS) is 17.3. The maximum Gasteiger partial charge on any atom is 0.154 e. The van der Waals surface area contributed by atoms with Gasteiger partial charge in [0.2, 0.25) is 0 Å². The summed E-state index contributed by atoms with van der Waals surface area (Å²) in [5, 5.41) is 5.76. The Labute approximate surface area is 128 Å². The maximum atomic E-state index is 4.64. The van der Waals surface area contributed by atoms with E-state index < -0.39 is 0 Å². The molecule has 20 heavy (non-hydrogen) atoms. The first-order chi connectivity index (χ1) is 9.69. The SMILES string of the molecule is CC(C)c1cc2c(N3CCC(CBr)CC3)nccn2n1. The predicted molar refractivity (Wildman–Crippen MR) is 85.8 cm³/mol. The number of halogens is 1. The zero-order chi connectivity index (χ0) is 14.1. The van der Waals surface area contributed by atoms with E-state index in [-0.39, 0.29) is 0 Å². The monoisotopic (exact) mass is 336 g/mol. The maximum absolute atomic E-state index is 4.64. The highest BCUT2D eigenvalue weighted by atomic mass is 79.9. The Bertz CT molecular complexity index is 585. The lowest BCUT2D eigenvalue weighted by atomic mass is 9.99. The Morgan fingerprint density at radius 1 is 1.35 bits per heavy atom. The molecule has 0 aromatic carbocycles. The third kappa shape index (κ3) is 2.55. The van der Waals surface area contributed by atoms with Crippen LogP contribution in [0.1, 0.15) is 38.3 Å². The Kier molecular flexibility index (Phi) is 3.96. The fraction of sp³-hybridized carbons (Fsp3) is 0.600. The van der Waals surface area contributed by atoms with Gasteiger partial charge in [-0.3, -0.25) is 0 Å². The summed E-state index contributed by atoms with van der Waals surface area (Å²) in [4.78, 5) is 7.01. The van der Waals surface area contributed by atoms with Gasteiger partial charge in [0, 0.05) is 30.8 Å². The Morgan fingerprint density at radius 3 is 2.75 bits per heavy atom. The first-order valence-corrected chi connectivity index (χ1v) is 8.46. The lowest BCUT2D eigenvalue weighted by molar-refractivity contribution is 0.445. The Hall–Kier alpha value is -1.10. The van der Waals surface area contributed by atoms with Gasteiger partial charge in [0.1, 0.15) is 5.52 Å². The average molecular weight is 337 g/mol. The molecule has 0 unspecified atom stereocenters. The molecule has 108 valence electrons. The number of fused-ring (bicyclic) bond motifs is 1. The number of nitrogens with zero attached hydrogens (tertiary/aromatic N) is 4. The fourth-order valence-corrected chi connectivity index (χ4v) is 3.40. The van der Waals surface area contributed by atoms with Gasteiger partial charge in [-0.1, -0.05) is 29.8 Å². The molecule has 0 aliphatic carbocycles. The molecule has 3 heterocycles. The van der Waals surface area contributed by atoms with Crippen LogP contribution in [-0.4, -0.2) is 33.0 Å². The van der Waals surface area contributed by atoms with Crippen molar-refractivity contribution in [2.24, 2.45) is 5.92 Å². The number of rotatable bonds is 3. The minimum Gasteiger partial charge on any atom is -0.355 e. The van der Waals surface area contributed by atoms with Crippen LogP contribution in [0, 0.1) is 5.92 Å². The van der Waals surface area contributed by atoms with Gasteiger partial charge in [0.25, 0.3) is 0 Å². The highest BCUT2D eigenvalue weighted by Crippen LogP contribution is 2.27. The molecule has 1 aliphatic rings. The van der Waals surface area contributed by atoms with Crippen molar-refractivity contribution in [3.63, 3.8) is 0 Å². The average Bonchev–Trinajstić information content (AvgIpc) is 2.91. The lowest BCUT2D eigenvalue weighted by Gasteiger charge is -2.32. The second-order valence-corrected chi connectivity index (χ2v) is 6.54. The number of anilines is 1. The van der Waals surface area contributed by atoms with Crippen LogP contribution >= 0.6 is 15.9 Å². The van der Waals surface area contributed by atoms with Crippen molar-refractivity contribution >= 4 is 27.3 Å². The van der Waals surface area contributed by atoms with Crippen LogP contribution in [0.4, 0.5) is 5.82 Å². The molecule has 2 aromatic heterocycles. The topological polar surface area (TPSA) is 33.4 Å². The van der Waals surface area contributed by atoms with Crippen molar-refractivity contribution < 1.29 is 0 Å². The predicted octanol–water partition coefficient (Wildman–Crippen LogP) is 3.46. The zero-order valence-corrected chi connectivity index (χ0v) is 13.7. The van der Waals surface area contributed by atoms with Gasteiger partial charge < -0.3 is 4.90 Å². The first-order valence-electron chi connectivity index (χ1n) is 7.34. The van der Waals surface area contributed by atoms with Crippen LogP contribution in [0.5, 0.6) is 0 Å². The molecule has 0 atom stereocenters. The molecule has 0 amide bonds. The second-order valence-electron chi connectivity index (χ2n) is 5.89. The summed E-state index contributed by atoms with van der Waals surface area (Å²) in [6.45, 7) is 6.53. The molecular formula is C15H21BrN4. The molecule has 0 spiro atoms. The summed E-state index contributed by atoms with van der Waals surface area (Å²) in [6.07, 6.45) is 6.27. The molecule has 0 N–H and O–H groups in total. The molecule has 5 heteroatoms. The molecule has 0 radical (unpaired) electrons. The van der Waals surface area contributed by atoms with Gasteiger partial charge in [-0.2, -0.15) is 5.10 Å². The standard InChI is InChI=1S/C15H21BrN4/c1-11(2)13-9-14-15(17-5-8-20(14)18-13)19-6-3-12(10-16)4-7-19/h5,8-9,11-12H,3-4,6-7,10H2,1-2H3. The quantitative estimate of drug-likeness (QED) is 0.804. The zero-order valence-electron chi connectivity index (χ0n) is 12.1. The Balaban J connectivity index is 1.91. The molecule has 1 fully saturated rings. The number of hydrogen-bond donors (Lipinski definition) is 0. The molecule has 2 aromatic rings. The molecule has 3 rings (SSSR count). The minimum absolute atomic E-state index is 0.446. The van der Waals surface area contributed by atoms with Crippen LogP contribution in [0.15, 0.2) is 18.5 Å². The molecule has 1 aliphatic heterocycles. The van der Waals surface area contributed by atoms with E-state index in [1.165, 1.54) is 12.8 Å². The van der Waals surface area contributed by atoms with Crippen LogP contribution in [0.3, 0.4) is 0 Å². The highest BCUT2D eigenvalue weighted by Gasteiger charge is 2.21. The van der Waals surface area contributed by atoms with Crippen molar-refractivity contribution in [2.45, 2.75) is 32.6 Å². The molecular weight excluding hydrogens is 316 g/mol. The van der Waals surface area contributed by atoms with E-state index in [2.05, 4.69) is 50.8 Å². The van der Waals surface area contributed by atoms with Gasteiger partial charge in [-0.15, -0.1) is 0 Å². The fourth-order valence-electron chi connectivity index (χ4n) is 2.75. The summed E-state index contributed by atoms with van der Waals surface area (Å²) in [7, 11) is 0. The van der Waals surface area contributed by atoms with E-state index in [0.29, 0.717) is 5.92 Å². The van der Waals surface area contributed by atoms with Gasteiger partial charge in [-0.25, -0.2) is 9.50 Å². The first kappa shape index (κ1) is 13.9. The van der Waals surface area contributed by atoms with E-state index in [1.807, 2.05) is 16.9 Å². The third-order valence-electron chi connectivity index (χ3n) is 4.11. The van der Waals surface area contributed by atoms with Crippen molar-refractivity contribution in [1.82, 2.24) is 14.6 Å². The van der Waals surface area contributed by atoms with E-state index >= 15 is 0 Å². The second kappa shape index (κ2) is 5.72. The van der Waals surface area contributed by atoms with E-state index in [0.717, 1.165) is 41.4 Å². The number of hydrogen-bond acceptors (Lipinski definition) is 3. The summed E-state index contributed by atoms with van der Waals surface area (Å²) < 4.78 is 1.97. The number of aromatic nitrogens is 3. The van der Waals surface area contributed by atoms with Crippen LogP contribution in [0.25, 0.3) is 5.52 Å². The van der Waals surface area contributed by atoms with Crippen molar-refractivity contribution in [3.05, 3.63) is 24.2 Å². The van der Waals surface area contributed by atoms with Crippen molar-refractivity contribution in [3.8, 4) is 0 Å². The molecule has 0 saturated carbocycles. The van der Waals surface area contributed by atoms with Crippen LogP contribution in [0.2, 0.25) is 0 Å². The van der Waals surface area contributed by atoms with Crippen LogP contribution in [-0.2, 0) is 0 Å². The van der Waals surface area contributed by atoms with Crippen LogP contribution < -0.4 is 4.90 Å². The highest BCUT2D eigenvalue weighted by molar-refractivity contribution is 9.09. The molecule has 4 nitrogen and oxygen atoms in total. The van der Waals surface area contributed by atoms with Gasteiger partial charge in [-0.05, 0) is 30.7 Å². The third-order valence-corrected chi connectivity index (χ3v) is 5.03. The van der Waals surface area contributed by atoms with Crippen molar-refractivity contribution in [2.75, 3.05) is 23.3 Å². The Morgan fingerprint density at radius 2 is 2.10 bits per heavy atom. The lowest BCUT2D eigenvalue weighted by Crippen LogP contribution is -2.34. The van der Waals surface area contributed by atoms with Gasteiger partial charge in [0.05, 0.1) is 5.69 Å². The van der Waals surface area contributed by atoms with Gasteiger partial charge >= 0.3 is 0 Å². The van der Waals surface area contributed by atoms with E-state index in [1.54, 1.807) is 0 Å². The summed E-state index contributed by atoms with van der Waals surface area (Å²) in [6, 6.07) is 2.18. The number of piperidine rings is 1. The molecule has 1 saturated heterocycles. The van der Waals surface area contributed by atoms with E-state index in [4.69, 9.17) is 0 Å². The number of alkyl halides is 1. The minimum atomic E-state index is 0.446. The summed E-state index contributed by atoms with van der Waals surface area (Å²) >= 11 is 3.60. The smallest absolute Gasteiger partial charge is 0.154 e. The summed E-state index contributed by atoms with van der Waals surface area (Å²) in [5.74, 6) is 2.34.